The predicted molar refractivity (Wildman–Crippen MR) is 83.1 cm³/mol. The molecule has 0 spiro atoms. The predicted octanol–water partition coefficient (Wildman–Crippen LogP) is 3.30. The second kappa shape index (κ2) is 6.50. The Bertz CT molecular complexity index is 714. The molecule has 0 aliphatic rings. The highest BCUT2D eigenvalue weighted by Crippen LogP contribution is 2.35. The van der Waals surface area contributed by atoms with E-state index in [1.54, 1.807) is 18.2 Å². The Morgan fingerprint density at radius 2 is 2.00 bits per heavy atom. The van der Waals surface area contributed by atoms with Crippen molar-refractivity contribution in [1.29, 1.82) is 5.26 Å². The number of nitriles is 1. The molecular formula is C13H11Cl2N5O. The molecule has 0 bridgehead atoms. The van der Waals surface area contributed by atoms with Crippen LogP contribution in [0.3, 0.4) is 0 Å². The number of hydrogen-bond acceptors (Lipinski definition) is 6. The molecule has 8 heteroatoms. The molecule has 1 heterocycles. The third kappa shape index (κ3) is 3.11. The number of rotatable bonds is 4. The second-order valence-corrected chi connectivity index (χ2v) is 4.73. The van der Waals surface area contributed by atoms with Crippen molar-refractivity contribution in [2.75, 3.05) is 17.9 Å². The van der Waals surface area contributed by atoms with Gasteiger partial charge < -0.3 is 15.5 Å². The van der Waals surface area contributed by atoms with E-state index in [2.05, 4.69) is 21.8 Å². The van der Waals surface area contributed by atoms with E-state index in [0.29, 0.717) is 22.8 Å². The van der Waals surface area contributed by atoms with Crippen molar-refractivity contribution in [1.82, 2.24) is 4.98 Å². The molecule has 6 nitrogen and oxygen atoms in total. The van der Waals surface area contributed by atoms with Crippen LogP contribution in [0.25, 0.3) is 0 Å². The average Bonchev–Trinajstić information content (AvgIpc) is 2.49. The fourth-order valence-corrected chi connectivity index (χ4v) is 2.16. The van der Waals surface area contributed by atoms with Crippen LogP contribution in [0.2, 0.25) is 10.0 Å². The summed E-state index contributed by atoms with van der Waals surface area (Å²) in [6.45, 7) is 0. The maximum absolute atomic E-state index is 9.18. The van der Waals surface area contributed by atoms with E-state index < -0.39 is 0 Å². The number of methoxy groups -OCH3 is 1. The van der Waals surface area contributed by atoms with Crippen molar-refractivity contribution in [2.45, 2.75) is 0 Å². The van der Waals surface area contributed by atoms with Gasteiger partial charge in [0, 0.05) is 0 Å². The Hall–Kier alpha value is -2.20. The number of ether oxygens (including phenoxy) is 1. The number of hydrazine groups is 1. The van der Waals surface area contributed by atoms with Crippen LogP contribution in [0.5, 0.6) is 5.75 Å². The molecule has 108 valence electrons. The van der Waals surface area contributed by atoms with E-state index >= 15 is 0 Å². The van der Waals surface area contributed by atoms with Gasteiger partial charge in [-0.3, -0.25) is 0 Å². The first-order chi connectivity index (χ1) is 10.1. The van der Waals surface area contributed by atoms with Gasteiger partial charge in [0.25, 0.3) is 0 Å². The third-order valence-corrected chi connectivity index (χ3v) is 3.25. The van der Waals surface area contributed by atoms with Crippen LogP contribution in [-0.4, -0.2) is 12.1 Å². The van der Waals surface area contributed by atoms with Crippen LogP contribution >= 0.6 is 23.2 Å². The molecule has 2 aromatic rings. The summed E-state index contributed by atoms with van der Waals surface area (Å²) in [7, 11) is 1.51. The third-order valence-electron chi connectivity index (χ3n) is 2.68. The number of benzene rings is 1. The van der Waals surface area contributed by atoms with E-state index in [1.165, 1.54) is 13.2 Å². The molecule has 0 saturated heterocycles. The van der Waals surface area contributed by atoms with Crippen molar-refractivity contribution < 1.29 is 4.74 Å². The van der Waals surface area contributed by atoms with Crippen molar-refractivity contribution in [3.63, 3.8) is 0 Å². The topological polar surface area (TPSA) is 96.0 Å². The number of nitrogens with one attached hydrogen (secondary N) is 2. The molecule has 1 aromatic carbocycles. The van der Waals surface area contributed by atoms with Crippen molar-refractivity contribution >= 4 is 40.5 Å². The van der Waals surface area contributed by atoms with E-state index in [1.807, 2.05) is 0 Å². The number of halogens is 2. The molecule has 0 atom stereocenters. The summed E-state index contributed by atoms with van der Waals surface area (Å²) in [6, 6.07) is 8.65. The summed E-state index contributed by atoms with van der Waals surface area (Å²) in [4.78, 5) is 4.16. The summed E-state index contributed by atoms with van der Waals surface area (Å²) in [6.07, 6.45) is 0. The quantitative estimate of drug-likeness (QED) is 0.590. The Morgan fingerprint density at radius 3 is 2.62 bits per heavy atom. The van der Waals surface area contributed by atoms with Gasteiger partial charge in [-0.05, 0) is 18.2 Å². The number of nitrogens with two attached hydrogens (primary N) is 1. The van der Waals surface area contributed by atoms with Crippen LogP contribution < -0.4 is 21.3 Å². The zero-order valence-corrected chi connectivity index (χ0v) is 12.5. The minimum Gasteiger partial charge on any atom is -0.495 e. The van der Waals surface area contributed by atoms with Gasteiger partial charge in [-0.25, -0.2) is 10.8 Å². The fourth-order valence-electron chi connectivity index (χ4n) is 1.70. The largest absolute Gasteiger partial charge is 0.495 e. The molecule has 1 aromatic heterocycles. The van der Waals surface area contributed by atoms with Gasteiger partial charge >= 0.3 is 0 Å². The van der Waals surface area contributed by atoms with Crippen LogP contribution in [0, 0.1) is 11.3 Å². The molecule has 0 radical (unpaired) electrons. The highest BCUT2D eigenvalue weighted by Gasteiger charge is 2.14. The molecule has 0 saturated carbocycles. The molecule has 0 aliphatic carbocycles. The van der Waals surface area contributed by atoms with Gasteiger partial charge in [0.2, 0.25) is 0 Å². The smallest absolute Gasteiger partial charge is 0.161 e. The number of anilines is 3. The van der Waals surface area contributed by atoms with E-state index in [0.717, 1.165) is 0 Å². The lowest BCUT2D eigenvalue weighted by molar-refractivity contribution is 0.416. The van der Waals surface area contributed by atoms with Crippen LogP contribution in [-0.2, 0) is 0 Å². The Labute approximate surface area is 131 Å². The highest BCUT2D eigenvalue weighted by atomic mass is 35.5. The fraction of sp³-hybridized carbons (Fsp3) is 0.0769. The van der Waals surface area contributed by atoms with E-state index in [4.69, 9.17) is 33.8 Å². The first-order valence-corrected chi connectivity index (χ1v) is 6.53. The molecular weight excluding hydrogens is 313 g/mol. The van der Waals surface area contributed by atoms with Crippen LogP contribution in [0.15, 0.2) is 24.3 Å². The van der Waals surface area contributed by atoms with Crippen LogP contribution in [0.4, 0.5) is 17.3 Å². The van der Waals surface area contributed by atoms with Gasteiger partial charge in [-0.2, -0.15) is 5.26 Å². The maximum atomic E-state index is 9.18. The summed E-state index contributed by atoms with van der Waals surface area (Å²) >= 11 is 12.0. The monoisotopic (exact) mass is 323 g/mol. The number of aromatic nitrogens is 1. The van der Waals surface area contributed by atoms with Crippen molar-refractivity contribution in [2.24, 2.45) is 5.84 Å². The minimum atomic E-state index is 0.261. The lowest BCUT2D eigenvalue weighted by Gasteiger charge is -2.14. The molecule has 0 aliphatic heterocycles. The highest BCUT2D eigenvalue weighted by molar-refractivity contribution is 6.37. The number of hydrogen-bond donors (Lipinski definition) is 3. The maximum Gasteiger partial charge on any atom is 0.161 e. The summed E-state index contributed by atoms with van der Waals surface area (Å²) < 4.78 is 5.23. The van der Waals surface area contributed by atoms with E-state index in [9.17, 15) is 5.26 Å². The molecule has 0 unspecified atom stereocenters. The number of para-hydroxylation sites is 1. The van der Waals surface area contributed by atoms with Crippen molar-refractivity contribution in [3.8, 4) is 11.8 Å². The SMILES string of the molecule is COc1cccc(C#N)c1Nc1nc(NN)c(Cl)cc1Cl. The minimum absolute atomic E-state index is 0.261. The van der Waals surface area contributed by atoms with E-state index in [-0.39, 0.29) is 15.9 Å². The second-order valence-electron chi connectivity index (χ2n) is 3.91. The van der Waals surface area contributed by atoms with Crippen LogP contribution in [0.1, 0.15) is 5.56 Å². The summed E-state index contributed by atoms with van der Waals surface area (Å²) in [5.41, 5.74) is 3.22. The Kier molecular flexibility index (Phi) is 4.70. The van der Waals surface area contributed by atoms with Crippen molar-refractivity contribution in [3.05, 3.63) is 39.9 Å². The standard InChI is InChI=1S/C13H11Cl2N5O/c1-21-10-4-2-3-7(6-16)11(10)18-12-8(14)5-9(15)13(19-12)20-17/h2-5H,17H2,1H3,(H2,18,19,20). The Morgan fingerprint density at radius 1 is 1.29 bits per heavy atom. The van der Waals surface area contributed by atoms with Gasteiger partial charge in [0.1, 0.15) is 17.5 Å². The zero-order valence-electron chi connectivity index (χ0n) is 10.9. The Balaban J connectivity index is 2.50. The average molecular weight is 324 g/mol. The lowest BCUT2D eigenvalue weighted by atomic mass is 10.1. The molecule has 2 rings (SSSR count). The number of pyridine rings is 1. The number of nitrogens with zero attached hydrogens (tertiary/aromatic N) is 2. The van der Waals surface area contributed by atoms with Gasteiger partial charge in [-0.15, -0.1) is 0 Å². The molecule has 21 heavy (non-hydrogen) atoms. The zero-order chi connectivity index (χ0) is 15.4. The summed E-state index contributed by atoms with van der Waals surface area (Å²) in [5, 5.41) is 12.7. The first kappa shape index (κ1) is 15.2. The normalized spacial score (nSPS) is 9.86. The molecule has 0 amide bonds. The first-order valence-electron chi connectivity index (χ1n) is 5.77. The van der Waals surface area contributed by atoms with Gasteiger partial charge in [0.05, 0.1) is 22.7 Å². The van der Waals surface area contributed by atoms with Gasteiger partial charge in [0.15, 0.2) is 11.6 Å². The lowest BCUT2D eigenvalue weighted by Crippen LogP contribution is -2.10. The molecule has 0 fully saturated rings. The van der Waals surface area contributed by atoms with Gasteiger partial charge in [-0.1, -0.05) is 29.3 Å². The number of nitrogen functional groups attached to an aromatic ring is 1. The molecule has 4 N–H and O–H groups in total. The summed E-state index contributed by atoms with van der Waals surface area (Å²) in [5.74, 6) is 6.38.